The number of hydrogen-bond donors (Lipinski definition) is 2. The van der Waals surface area contributed by atoms with Gasteiger partial charge in [0.2, 0.25) is 5.89 Å². The van der Waals surface area contributed by atoms with Crippen LogP contribution in [0.4, 0.5) is 0 Å². The molecule has 20 heavy (non-hydrogen) atoms. The van der Waals surface area contributed by atoms with Crippen molar-refractivity contribution in [3.05, 3.63) is 23.5 Å². The van der Waals surface area contributed by atoms with Gasteiger partial charge in [-0.1, -0.05) is 0 Å². The maximum absolute atomic E-state index is 5.70. The molecule has 1 aliphatic rings. The van der Waals surface area contributed by atoms with E-state index in [1.807, 2.05) is 19.9 Å². The summed E-state index contributed by atoms with van der Waals surface area (Å²) < 4.78 is 11.2. The molecule has 0 bridgehead atoms. The quantitative estimate of drug-likeness (QED) is 0.886. The van der Waals surface area contributed by atoms with E-state index in [1.54, 1.807) is 0 Å². The molecule has 6 heteroatoms. The molecule has 1 fully saturated rings. The Morgan fingerprint density at radius 2 is 2.20 bits per heavy atom. The maximum atomic E-state index is 5.70. The van der Waals surface area contributed by atoms with Gasteiger partial charge >= 0.3 is 0 Å². The fraction of sp³-hybridized carbons (Fsp3) is 0.571. The van der Waals surface area contributed by atoms with E-state index in [0.29, 0.717) is 18.3 Å². The summed E-state index contributed by atoms with van der Waals surface area (Å²) in [6.07, 6.45) is 1.11. The van der Waals surface area contributed by atoms with Crippen molar-refractivity contribution in [2.24, 2.45) is 0 Å². The summed E-state index contributed by atoms with van der Waals surface area (Å²) >= 11 is 0. The zero-order valence-corrected chi connectivity index (χ0v) is 12.1. The van der Waals surface area contributed by atoms with E-state index in [-0.39, 0.29) is 5.54 Å². The van der Waals surface area contributed by atoms with Gasteiger partial charge in [0.05, 0.1) is 12.1 Å². The van der Waals surface area contributed by atoms with Crippen molar-refractivity contribution in [3.8, 4) is 11.5 Å². The summed E-state index contributed by atoms with van der Waals surface area (Å²) in [6.45, 7) is 8.61. The molecule has 0 spiro atoms. The number of hydrogen-bond acceptors (Lipinski definition) is 6. The van der Waals surface area contributed by atoms with Crippen LogP contribution in [0.5, 0.6) is 0 Å². The van der Waals surface area contributed by atoms with Gasteiger partial charge < -0.3 is 19.5 Å². The van der Waals surface area contributed by atoms with E-state index < -0.39 is 0 Å². The van der Waals surface area contributed by atoms with Crippen molar-refractivity contribution in [3.63, 3.8) is 0 Å². The van der Waals surface area contributed by atoms with Crippen LogP contribution in [0.3, 0.4) is 0 Å². The average Bonchev–Trinajstić information content (AvgIpc) is 3.08. The molecule has 1 saturated heterocycles. The molecule has 1 atom stereocenters. The smallest absolute Gasteiger partial charge is 0.251 e. The number of furan rings is 1. The molecule has 2 N–H and O–H groups in total. The van der Waals surface area contributed by atoms with E-state index in [2.05, 4.69) is 27.8 Å². The van der Waals surface area contributed by atoms with Gasteiger partial charge in [0.15, 0.2) is 0 Å². The molecule has 0 aromatic carbocycles. The Morgan fingerprint density at radius 3 is 2.85 bits per heavy atom. The highest BCUT2D eigenvalue weighted by molar-refractivity contribution is 5.55. The molecular weight excluding hydrogens is 256 g/mol. The van der Waals surface area contributed by atoms with Crippen LogP contribution in [0.15, 0.2) is 14.9 Å². The molecule has 2 aromatic rings. The third kappa shape index (κ3) is 2.62. The molecular formula is C14H20N4O2. The van der Waals surface area contributed by atoms with Crippen molar-refractivity contribution in [2.75, 3.05) is 13.1 Å². The first kappa shape index (κ1) is 13.3. The van der Waals surface area contributed by atoms with Gasteiger partial charge in [-0.25, -0.2) is 0 Å². The topological polar surface area (TPSA) is 76.1 Å². The van der Waals surface area contributed by atoms with Crippen LogP contribution in [-0.4, -0.2) is 28.8 Å². The Bertz CT molecular complexity index is 596. The Labute approximate surface area is 117 Å². The highest BCUT2D eigenvalue weighted by Gasteiger charge is 2.28. The minimum Gasteiger partial charge on any atom is -0.466 e. The van der Waals surface area contributed by atoms with E-state index in [1.165, 1.54) is 0 Å². The van der Waals surface area contributed by atoms with Crippen molar-refractivity contribution in [1.29, 1.82) is 0 Å². The third-order valence-electron chi connectivity index (χ3n) is 3.77. The fourth-order valence-electron chi connectivity index (χ4n) is 2.53. The lowest BCUT2D eigenvalue weighted by Gasteiger charge is -2.23. The molecule has 108 valence electrons. The van der Waals surface area contributed by atoms with Crippen LogP contribution >= 0.6 is 0 Å². The van der Waals surface area contributed by atoms with Gasteiger partial charge in [0.25, 0.3) is 5.89 Å². The van der Waals surface area contributed by atoms with Gasteiger partial charge in [0.1, 0.15) is 11.5 Å². The molecule has 2 aromatic heterocycles. The Hall–Kier alpha value is -1.66. The predicted molar refractivity (Wildman–Crippen MR) is 74.2 cm³/mol. The number of aromatic nitrogens is 2. The van der Waals surface area contributed by atoms with Crippen molar-refractivity contribution in [1.82, 2.24) is 20.8 Å². The maximum Gasteiger partial charge on any atom is 0.251 e. The molecule has 3 rings (SSSR count). The van der Waals surface area contributed by atoms with Crippen molar-refractivity contribution < 1.29 is 8.83 Å². The highest BCUT2D eigenvalue weighted by Crippen LogP contribution is 2.25. The van der Waals surface area contributed by atoms with E-state index >= 15 is 0 Å². The Balaban J connectivity index is 1.69. The largest absolute Gasteiger partial charge is 0.466 e. The minimum atomic E-state index is 0.108. The van der Waals surface area contributed by atoms with Gasteiger partial charge in [-0.05, 0) is 39.8 Å². The summed E-state index contributed by atoms with van der Waals surface area (Å²) in [7, 11) is 0. The standard InChI is InChI=1S/C14H20N4O2/c1-9-6-11(10(2)19-9)13-18-17-12(20-13)7-16-14(3)4-5-15-8-14/h6,15-16H,4-5,7-8H2,1-3H3. The Morgan fingerprint density at radius 1 is 1.35 bits per heavy atom. The molecule has 1 aliphatic heterocycles. The lowest BCUT2D eigenvalue weighted by Crippen LogP contribution is -2.43. The lowest BCUT2D eigenvalue weighted by molar-refractivity contribution is 0.356. The number of aryl methyl sites for hydroxylation is 2. The molecule has 1 unspecified atom stereocenters. The van der Waals surface area contributed by atoms with Gasteiger partial charge in [-0.15, -0.1) is 10.2 Å². The molecule has 0 aliphatic carbocycles. The highest BCUT2D eigenvalue weighted by atomic mass is 16.4. The van der Waals surface area contributed by atoms with Gasteiger partial charge in [0, 0.05) is 12.1 Å². The van der Waals surface area contributed by atoms with Crippen molar-refractivity contribution in [2.45, 2.75) is 39.3 Å². The third-order valence-corrected chi connectivity index (χ3v) is 3.77. The molecule has 0 saturated carbocycles. The van der Waals surface area contributed by atoms with Gasteiger partial charge in [-0.3, -0.25) is 0 Å². The molecule has 6 nitrogen and oxygen atoms in total. The van der Waals surface area contributed by atoms with E-state index in [9.17, 15) is 0 Å². The first-order valence-corrected chi connectivity index (χ1v) is 6.91. The normalized spacial score (nSPS) is 22.6. The fourth-order valence-corrected chi connectivity index (χ4v) is 2.53. The second kappa shape index (κ2) is 5.03. The summed E-state index contributed by atoms with van der Waals surface area (Å²) in [5.74, 6) is 2.77. The number of nitrogens with zero attached hydrogens (tertiary/aromatic N) is 2. The van der Waals surface area contributed by atoms with Crippen LogP contribution in [0.25, 0.3) is 11.5 Å². The van der Waals surface area contributed by atoms with Crippen LogP contribution in [0, 0.1) is 13.8 Å². The number of nitrogens with one attached hydrogen (secondary N) is 2. The zero-order valence-electron chi connectivity index (χ0n) is 12.1. The SMILES string of the molecule is Cc1cc(-c2nnc(CNC3(C)CCNC3)o2)c(C)o1. The first-order chi connectivity index (χ1) is 9.56. The summed E-state index contributed by atoms with van der Waals surface area (Å²) in [6, 6.07) is 1.92. The van der Waals surface area contributed by atoms with Crippen LogP contribution < -0.4 is 10.6 Å². The lowest BCUT2D eigenvalue weighted by atomic mass is 10.0. The average molecular weight is 276 g/mol. The molecule has 0 amide bonds. The van der Waals surface area contributed by atoms with Crippen LogP contribution in [-0.2, 0) is 6.54 Å². The second-order valence-electron chi connectivity index (χ2n) is 5.67. The number of rotatable bonds is 4. The molecule has 3 heterocycles. The monoisotopic (exact) mass is 276 g/mol. The molecule has 0 radical (unpaired) electrons. The van der Waals surface area contributed by atoms with Crippen LogP contribution in [0.1, 0.15) is 30.8 Å². The van der Waals surface area contributed by atoms with E-state index in [4.69, 9.17) is 8.83 Å². The summed E-state index contributed by atoms with van der Waals surface area (Å²) in [5, 5.41) is 15.0. The minimum absolute atomic E-state index is 0.108. The summed E-state index contributed by atoms with van der Waals surface area (Å²) in [4.78, 5) is 0. The Kier molecular flexibility index (Phi) is 3.35. The van der Waals surface area contributed by atoms with Crippen LogP contribution in [0.2, 0.25) is 0 Å². The zero-order chi connectivity index (χ0) is 14.2. The van der Waals surface area contributed by atoms with Crippen molar-refractivity contribution >= 4 is 0 Å². The predicted octanol–water partition coefficient (Wildman–Crippen LogP) is 1.79. The summed E-state index contributed by atoms with van der Waals surface area (Å²) in [5.41, 5.74) is 0.978. The second-order valence-corrected chi connectivity index (χ2v) is 5.67. The first-order valence-electron chi connectivity index (χ1n) is 6.91. The van der Waals surface area contributed by atoms with E-state index in [0.717, 1.165) is 36.6 Å². The van der Waals surface area contributed by atoms with Gasteiger partial charge in [-0.2, -0.15) is 0 Å².